The highest BCUT2D eigenvalue weighted by atomic mass is 16.5. The third-order valence-corrected chi connectivity index (χ3v) is 7.00. The number of fused-ring (bicyclic) bond motifs is 7. The zero-order valence-electron chi connectivity index (χ0n) is 19.9. The second-order valence-corrected chi connectivity index (χ2v) is 10.1. The smallest absolute Gasteiger partial charge is 0.316 e. The monoisotopic (exact) mass is 449 g/mol. The molecule has 0 amide bonds. The molecule has 0 radical (unpaired) electrons. The van der Waals surface area contributed by atoms with Gasteiger partial charge in [0.2, 0.25) is 0 Å². The number of aliphatic hydroxyl groups excluding tert-OH is 1. The summed E-state index contributed by atoms with van der Waals surface area (Å²) in [4.78, 5) is 14.9. The van der Waals surface area contributed by atoms with Crippen molar-refractivity contribution in [3.05, 3.63) is 41.5 Å². The van der Waals surface area contributed by atoms with Gasteiger partial charge in [0.15, 0.2) is 11.5 Å². The molecule has 0 aliphatic carbocycles. The maximum Gasteiger partial charge on any atom is 0.316 e. The van der Waals surface area contributed by atoms with Gasteiger partial charge >= 0.3 is 5.97 Å². The quantitative estimate of drug-likeness (QED) is 0.346. The lowest BCUT2D eigenvalue weighted by atomic mass is 9.83. The van der Waals surface area contributed by atoms with Gasteiger partial charge in [0, 0.05) is 12.6 Å². The van der Waals surface area contributed by atoms with Crippen molar-refractivity contribution >= 4 is 27.5 Å². The van der Waals surface area contributed by atoms with Crippen molar-refractivity contribution in [3.8, 4) is 17.2 Å². The Labute approximate surface area is 194 Å². The highest BCUT2D eigenvalue weighted by Gasteiger charge is 2.39. The molecule has 2 aliphatic rings. The van der Waals surface area contributed by atoms with Crippen LogP contribution in [-0.4, -0.2) is 42.8 Å². The van der Waals surface area contributed by atoms with E-state index in [1.807, 2.05) is 51.1 Å². The molecule has 2 heterocycles. The molecular formula is C27H31NO5. The Morgan fingerprint density at radius 2 is 1.67 bits per heavy atom. The van der Waals surface area contributed by atoms with Crippen molar-refractivity contribution in [2.75, 3.05) is 20.8 Å². The molecule has 1 fully saturated rings. The summed E-state index contributed by atoms with van der Waals surface area (Å²) in [7, 11) is 3.26. The molecule has 3 aromatic carbocycles. The van der Waals surface area contributed by atoms with Crippen LogP contribution in [-0.2, 0) is 11.3 Å². The van der Waals surface area contributed by atoms with E-state index >= 15 is 0 Å². The van der Waals surface area contributed by atoms with E-state index in [0.717, 1.165) is 58.6 Å². The second-order valence-electron chi connectivity index (χ2n) is 10.1. The van der Waals surface area contributed by atoms with Crippen LogP contribution in [0.4, 0.5) is 0 Å². The Morgan fingerprint density at radius 3 is 2.33 bits per heavy atom. The first-order chi connectivity index (χ1) is 15.7. The zero-order valence-corrected chi connectivity index (χ0v) is 19.9. The maximum absolute atomic E-state index is 12.5. The molecule has 2 aliphatic heterocycles. The minimum absolute atomic E-state index is 0.136. The van der Waals surface area contributed by atoms with E-state index < -0.39 is 11.5 Å². The van der Waals surface area contributed by atoms with Crippen LogP contribution in [0.1, 0.15) is 50.8 Å². The molecule has 0 bridgehead atoms. The number of esters is 1. The Kier molecular flexibility index (Phi) is 5.26. The number of carbonyl (C=O) groups is 1. The third-order valence-electron chi connectivity index (χ3n) is 7.00. The van der Waals surface area contributed by atoms with Crippen LogP contribution in [0, 0.1) is 5.41 Å². The molecule has 5 rings (SSSR count). The molecule has 3 aromatic rings. The number of aliphatic hydroxyl groups is 1. The lowest BCUT2D eigenvalue weighted by molar-refractivity contribution is -0.142. The molecule has 1 saturated heterocycles. The van der Waals surface area contributed by atoms with Gasteiger partial charge in [0.25, 0.3) is 0 Å². The molecular weight excluding hydrogens is 418 g/mol. The molecule has 6 nitrogen and oxygen atoms in total. The van der Waals surface area contributed by atoms with E-state index in [2.05, 4.69) is 4.90 Å². The fourth-order valence-corrected chi connectivity index (χ4v) is 5.27. The van der Waals surface area contributed by atoms with E-state index in [4.69, 9.17) is 14.2 Å². The predicted octanol–water partition coefficient (Wildman–Crippen LogP) is 4.97. The maximum atomic E-state index is 12.5. The van der Waals surface area contributed by atoms with Crippen molar-refractivity contribution in [2.24, 2.45) is 5.41 Å². The van der Waals surface area contributed by atoms with Gasteiger partial charge in [0.1, 0.15) is 5.75 Å². The minimum atomic E-state index is -0.606. The molecule has 0 aromatic heterocycles. The normalized spacial score (nSPS) is 20.5. The number of nitrogens with zero attached hydrogens (tertiary/aromatic N) is 1. The average Bonchev–Trinajstić information content (AvgIpc) is 3.26. The summed E-state index contributed by atoms with van der Waals surface area (Å²) in [6.07, 6.45) is 1.52. The Morgan fingerprint density at radius 1 is 1.00 bits per heavy atom. The van der Waals surface area contributed by atoms with E-state index in [1.54, 1.807) is 14.2 Å². The summed E-state index contributed by atoms with van der Waals surface area (Å²) in [5.41, 5.74) is 1.50. The summed E-state index contributed by atoms with van der Waals surface area (Å²) in [5.74, 6) is 1.50. The molecule has 0 unspecified atom stereocenters. The van der Waals surface area contributed by atoms with Gasteiger partial charge in [0.05, 0.1) is 25.7 Å². The molecule has 2 atom stereocenters. The molecule has 0 spiro atoms. The third kappa shape index (κ3) is 3.52. The van der Waals surface area contributed by atoms with E-state index in [-0.39, 0.29) is 12.0 Å². The van der Waals surface area contributed by atoms with Crippen LogP contribution in [0.2, 0.25) is 0 Å². The molecule has 174 valence electrons. The molecule has 33 heavy (non-hydrogen) atoms. The van der Waals surface area contributed by atoms with Crippen molar-refractivity contribution < 1.29 is 24.1 Å². The van der Waals surface area contributed by atoms with Crippen LogP contribution in [0.5, 0.6) is 17.2 Å². The Hall–Kier alpha value is -2.83. The Bertz CT molecular complexity index is 1260. The summed E-state index contributed by atoms with van der Waals surface area (Å²) in [6, 6.07) is 9.83. The minimum Gasteiger partial charge on any atom is -0.493 e. The second kappa shape index (κ2) is 7.89. The van der Waals surface area contributed by atoms with Gasteiger partial charge in [-0.2, -0.15) is 0 Å². The average molecular weight is 450 g/mol. The standard InChI is InChI=1S/C27H31NO5/c1-27(2,3)26(30)33-15-8-9-16-17(11-15)18-12-22(31-4)23(32-5)13-19(18)20-14-28-10-6-7-21(28)25(29)24(16)20/h8-9,11-13,21,25,29H,6-7,10,14H2,1-5H3/t21-,25+/m0/s1. The van der Waals surface area contributed by atoms with Crippen LogP contribution in [0.3, 0.4) is 0 Å². The first-order valence-corrected chi connectivity index (χ1v) is 11.5. The lowest BCUT2D eigenvalue weighted by Gasteiger charge is -2.37. The first kappa shape index (κ1) is 22.0. The van der Waals surface area contributed by atoms with Crippen LogP contribution in [0.25, 0.3) is 21.5 Å². The van der Waals surface area contributed by atoms with Crippen LogP contribution >= 0.6 is 0 Å². The van der Waals surface area contributed by atoms with E-state index in [1.165, 1.54) is 0 Å². The van der Waals surface area contributed by atoms with Gasteiger partial charge in [-0.15, -0.1) is 0 Å². The summed E-state index contributed by atoms with van der Waals surface area (Å²) in [6.45, 7) is 7.30. The van der Waals surface area contributed by atoms with Crippen LogP contribution < -0.4 is 14.2 Å². The summed E-state index contributed by atoms with van der Waals surface area (Å²) < 4.78 is 16.9. The fraction of sp³-hybridized carbons (Fsp3) is 0.444. The largest absolute Gasteiger partial charge is 0.493 e. The predicted molar refractivity (Wildman–Crippen MR) is 128 cm³/mol. The van der Waals surface area contributed by atoms with E-state index in [0.29, 0.717) is 17.2 Å². The summed E-state index contributed by atoms with van der Waals surface area (Å²) >= 11 is 0. The van der Waals surface area contributed by atoms with Crippen molar-refractivity contribution in [2.45, 2.75) is 52.3 Å². The first-order valence-electron chi connectivity index (χ1n) is 11.5. The molecule has 1 N–H and O–H groups in total. The number of hydrogen-bond acceptors (Lipinski definition) is 6. The number of carbonyl (C=O) groups excluding carboxylic acids is 1. The lowest BCUT2D eigenvalue weighted by Crippen LogP contribution is -2.39. The van der Waals surface area contributed by atoms with Crippen molar-refractivity contribution in [3.63, 3.8) is 0 Å². The van der Waals surface area contributed by atoms with Gasteiger partial charge < -0.3 is 19.3 Å². The fourth-order valence-electron chi connectivity index (χ4n) is 5.27. The number of methoxy groups -OCH3 is 2. The van der Waals surface area contributed by atoms with Gasteiger partial charge in [-0.05, 0) is 97.1 Å². The van der Waals surface area contributed by atoms with Crippen molar-refractivity contribution in [1.29, 1.82) is 0 Å². The molecule has 0 saturated carbocycles. The van der Waals surface area contributed by atoms with Crippen molar-refractivity contribution in [1.82, 2.24) is 4.90 Å². The van der Waals surface area contributed by atoms with Gasteiger partial charge in [-0.3, -0.25) is 9.69 Å². The number of benzene rings is 3. The Balaban J connectivity index is 1.79. The number of ether oxygens (including phenoxy) is 3. The number of hydrogen-bond donors (Lipinski definition) is 1. The highest BCUT2D eigenvalue weighted by Crippen LogP contribution is 2.47. The van der Waals surface area contributed by atoms with E-state index in [9.17, 15) is 9.90 Å². The van der Waals surface area contributed by atoms with Crippen LogP contribution in [0.15, 0.2) is 30.3 Å². The summed E-state index contributed by atoms with van der Waals surface area (Å²) in [5, 5.41) is 15.4. The molecule has 6 heteroatoms. The zero-order chi connectivity index (χ0) is 23.5. The van der Waals surface area contributed by atoms with Gasteiger partial charge in [-0.25, -0.2) is 0 Å². The highest BCUT2D eigenvalue weighted by molar-refractivity contribution is 6.12. The topological polar surface area (TPSA) is 68.2 Å². The number of rotatable bonds is 3. The SMILES string of the molecule is COc1cc2c3c(c4ccc(OC(=O)C(C)(C)C)cc4c2cc1OC)[C@H](O)[C@@H]1CCCN1C3. The van der Waals surface area contributed by atoms with Gasteiger partial charge in [-0.1, -0.05) is 6.07 Å².